The van der Waals surface area contributed by atoms with E-state index in [1.54, 1.807) is 34.3 Å². The fourth-order valence-electron chi connectivity index (χ4n) is 4.33. The average Bonchev–Trinajstić information content (AvgIpc) is 2.68. The van der Waals surface area contributed by atoms with E-state index in [4.69, 9.17) is 0 Å². The van der Waals surface area contributed by atoms with E-state index in [-0.39, 0.29) is 42.6 Å². The Balaban J connectivity index is 1.70. The van der Waals surface area contributed by atoms with Crippen molar-refractivity contribution in [2.45, 2.75) is 37.9 Å². The van der Waals surface area contributed by atoms with Gasteiger partial charge in [-0.05, 0) is 37.6 Å². The standard InChI is InChI=1S/C21H24N4O3/c1-13(2)23-21(28)25-17-11-24(20(27)14-7-9-22-10-8-14)16-6-4-3-5-15(16)19(17)18(25)12-26/h3-10,13,17-19,26H,11-12H2,1-2H3,(H,23,28)/t17-,18+,19+/m1/s1. The van der Waals surface area contributed by atoms with Crippen molar-refractivity contribution in [3.05, 3.63) is 59.9 Å². The lowest BCUT2D eigenvalue weighted by Crippen LogP contribution is -2.72. The first kappa shape index (κ1) is 18.4. The maximum atomic E-state index is 13.2. The first-order valence-electron chi connectivity index (χ1n) is 9.53. The van der Waals surface area contributed by atoms with Gasteiger partial charge in [0.25, 0.3) is 5.91 Å². The van der Waals surface area contributed by atoms with Crippen LogP contribution >= 0.6 is 0 Å². The highest BCUT2D eigenvalue weighted by Crippen LogP contribution is 2.48. The van der Waals surface area contributed by atoms with Gasteiger partial charge >= 0.3 is 6.03 Å². The van der Waals surface area contributed by atoms with Gasteiger partial charge in [0.1, 0.15) is 0 Å². The Morgan fingerprint density at radius 1 is 1.21 bits per heavy atom. The molecule has 3 atom stereocenters. The molecule has 7 nitrogen and oxygen atoms in total. The molecule has 2 aliphatic heterocycles. The summed E-state index contributed by atoms with van der Waals surface area (Å²) in [4.78, 5) is 33.3. The molecule has 1 fully saturated rings. The Morgan fingerprint density at radius 2 is 1.93 bits per heavy atom. The Morgan fingerprint density at radius 3 is 2.61 bits per heavy atom. The van der Waals surface area contributed by atoms with Crippen molar-refractivity contribution in [2.75, 3.05) is 18.1 Å². The molecule has 28 heavy (non-hydrogen) atoms. The number of hydrogen-bond donors (Lipinski definition) is 2. The molecule has 1 saturated heterocycles. The van der Waals surface area contributed by atoms with Gasteiger partial charge < -0.3 is 20.2 Å². The van der Waals surface area contributed by atoms with Crippen LogP contribution in [0.15, 0.2) is 48.8 Å². The number of anilines is 1. The lowest BCUT2D eigenvalue weighted by atomic mass is 9.72. The summed E-state index contributed by atoms with van der Waals surface area (Å²) in [5.74, 6) is -0.106. The summed E-state index contributed by atoms with van der Waals surface area (Å²) in [6.45, 7) is 4.08. The van der Waals surface area contributed by atoms with Crippen LogP contribution in [0.3, 0.4) is 0 Å². The number of hydrogen-bond acceptors (Lipinski definition) is 4. The fourth-order valence-corrected chi connectivity index (χ4v) is 4.33. The topological polar surface area (TPSA) is 85.8 Å². The van der Waals surface area contributed by atoms with E-state index < -0.39 is 0 Å². The number of urea groups is 1. The molecule has 1 aromatic carbocycles. The molecule has 146 valence electrons. The van der Waals surface area contributed by atoms with Crippen LogP contribution < -0.4 is 10.2 Å². The van der Waals surface area contributed by atoms with Gasteiger partial charge in [-0.1, -0.05) is 18.2 Å². The number of aliphatic hydroxyl groups excluding tert-OH is 1. The number of rotatable bonds is 3. The van der Waals surface area contributed by atoms with Gasteiger partial charge in [0.15, 0.2) is 0 Å². The van der Waals surface area contributed by atoms with Crippen LogP contribution in [0.5, 0.6) is 0 Å². The highest BCUT2D eigenvalue weighted by Gasteiger charge is 2.55. The molecule has 4 rings (SSSR count). The van der Waals surface area contributed by atoms with Gasteiger partial charge in [0, 0.05) is 42.1 Å². The number of benzene rings is 1. The maximum Gasteiger partial charge on any atom is 0.318 e. The molecule has 2 aromatic rings. The molecule has 1 aromatic heterocycles. The van der Waals surface area contributed by atoms with Crippen molar-refractivity contribution in [3.63, 3.8) is 0 Å². The number of carbonyl (C=O) groups excluding carboxylic acids is 2. The normalized spacial score (nSPS) is 22.9. The third-order valence-electron chi connectivity index (χ3n) is 5.51. The first-order chi connectivity index (χ1) is 13.5. The number of fused-ring (bicyclic) bond motifs is 3. The first-order valence-corrected chi connectivity index (χ1v) is 9.53. The zero-order valence-electron chi connectivity index (χ0n) is 15.9. The Hall–Kier alpha value is -2.93. The van der Waals surface area contributed by atoms with Crippen LogP contribution in [0.1, 0.15) is 35.7 Å². The molecule has 0 spiro atoms. The van der Waals surface area contributed by atoms with Crippen molar-refractivity contribution in [1.82, 2.24) is 15.2 Å². The molecular weight excluding hydrogens is 356 g/mol. The monoisotopic (exact) mass is 380 g/mol. The molecule has 2 N–H and O–H groups in total. The zero-order valence-corrected chi connectivity index (χ0v) is 15.9. The van der Waals surface area contributed by atoms with E-state index in [0.29, 0.717) is 12.1 Å². The number of aromatic nitrogens is 1. The highest BCUT2D eigenvalue weighted by atomic mass is 16.3. The summed E-state index contributed by atoms with van der Waals surface area (Å²) in [5, 5.41) is 12.9. The van der Waals surface area contributed by atoms with E-state index in [2.05, 4.69) is 10.3 Å². The number of nitrogens with one attached hydrogen (secondary N) is 1. The van der Waals surface area contributed by atoms with Crippen molar-refractivity contribution in [1.29, 1.82) is 0 Å². The molecule has 0 radical (unpaired) electrons. The van der Waals surface area contributed by atoms with Crippen LogP contribution in [0.2, 0.25) is 0 Å². The summed E-state index contributed by atoms with van der Waals surface area (Å²) < 4.78 is 0. The number of para-hydroxylation sites is 1. The number of carbonyl (C=O) groups is 2. The van der Waals surface area contributed by atoms with Crippen molar-refractivity contribution in [2.24, 2.45) is 0 Å². The SMILES string of the molecule is CC(C)NC(=O)N1[C@@H]2CN(C(=O)c3ccncc3)c3ccccc3[C@@H]2[C@@H]1CO. The molecule has 0 bridgehead atoms. The zero-order chi connectivity index (χ0) is 19.8. The van der Waals surface area contributed by atoms with Crippen LogP contribution in [-0.2, 0) is 0 Å². The largest absolute Gasteiger partial charge is 0.394 e. The van der Waals surface area contributed by atoms with E-state index in [1.165, 1.54) is 0 Å². The second-order valence-corrected chi connectivity index (χ2v) is 7.56. The minimum Gasteiger partial charge on any atom is -0.394 e. The van der Waals surface area contributed by atoms with E-state index in [1.807, 2.05) is 38.1 Å². The van der Waals surface area contributed by atoms with E-state index in [0.717, 1.165) is 11.3 Å². The molecule has 3 amide bonds. The minimum absolute atomic E-state index is 0.00340. The number of aliphatic hydroxyl groups is 1. The van der Waals surface area contributed by atoms with Crippen molar-refractivity contribution in [3.8, 4) is 0 Å². The summed E-state index contributed by atoms with van der Waals surface area (Å²) in [6.07, 6.45) is 3.19. The third kappa shape index (κ3) is 2.92. The predicted molar refractivity (Wildman–Crippen MR) is 105 cm³/mol. The second-order valence-electron chi connectivity index (χ2n) is 7.56. The third-order valence-corrected chi connectivity index (χ3v) is 5.51. The van der Waals surface area contributed by atoms with Gasteiger partial charge in [-0.25, -0.2) is 4.79 Å². The number of likely N-dealkylation sites (tertiary alicyclic amines) is 1. The second kappa shape index (κ2) is 7.24. The number of amides is 3. The smallest absolute Gasteiger partial charge is 0.318 e. The molecule has 0 aliphatic carbocycles. The molecule has 0 saturated carbocycles. The summed E-state index contributed by atoms with van der Waals surface area (Å²) in [7, 11) is 0. The van der Waals surface area contributed by atoms with Gasteiger partial charge in [0.2, 0.25) is 0 Å². The average molecular weight is 380 g/mol. The van der Waals surface area contributed by atoms with Crippen molar-refractivity contribution < 1.29 is 14.7 Å². The van der Waals surface area contributed by atoms with E-state index >= 15 is 0 Å². The molecule has 2 aliphatic rings. The van der Waals surface area contributed by atoms with Gasteiger partial charge in [-0.15, -0.1) is 0 Å². The summed E-state index contributed by atoms with van der Waals surface area (Å²) >= 11 is 0. The molecule has 0 unspecified atom stereocenters. The van der Waals surface area contributed by atoms with Crippen LogP contribution in [0.4, 0.5) is 10.5 Å². The highest BCUT2D eigenvalue weighted by molar-refractivity contribution is 6.07. The molecule has 7 heteroatoms. The lowest BCUT2D eigenvalue weighted by molar-refractivity contribution is -0.00815. The summed E-state index contributed by atoms with van der Waals surface area (Å²) in [5.41, 5.74) is 2.39. The Labute approximate surface area is 164 Å². The van der Waals surface area contributed by atoms with E-state index in [9.17, 15) is 14.7 Å². The van der Waals surface area contributed by atoms with Crippen LogP contribution in [0.25, 0.3) is 0 Å². The summed E-state index contributed by atoms with van der Waals surface area (Å²) in [6, 6.07) is 10.5. The Bertz CT molecular complexity index is 886. The number of pyridine rings is 1. The van der Waals surface area contributed by atoms with Crippen LogP contribution in [0, 0.1) is 0 Å². The van der Waals surface area contributed by atoms with Gasteiger partial charge in [-0.2, -0.15) is 0 Å². The quantitative estimate of drug-likeness (QED) is 0.853. The maximum absolute atomic E-state index is 13.2. The fraction of sp³-hybridized carbons (Fsp3) is 0.381. The van der Waals surface area contributed by atoms with Gasteiger partial charge in [-0.3, -0.25) is 9.78 Å². The Kier molecular flexibility index (Phi) is 4.77. The van der Waals surface area contributed by atoms with Crippen LogP contribution in [-0.4, -0.2) is 58.2 Å². The minimum atomic E-state index is -0.289. The molecule has 3 heterocycles. The lowest BCUT2D eigenvalue weighted by Gasteiger charge is -2.58. The predicted octanol–water partition coefficient (Wildman–Crippen LogP) is 1.99. The van der Waals surface area contributed by atoms with Gasteiger partial charge in [0.05, 0.1) is 18.7 Å². The molecular formula is C21H24N4O3. The number of nitrogens with zero attached hydrogens (tertiary/aromatic N) is 3. The van der Waals surface area contributed by atoms with Crippen molar-refractivity contribution >= 4 is 17.6 Å².